The molecule has 0 aliphatic heterocycles. The molecule has 0 radical (unpaired) electrons. The highest BCUT2D eigenvalue weighted by molar-refractivity contribution is 7.17. The minimum Gasteiger partial charge on any atom is -0.496 e. The molecule has 0 unspecified atom stereocenters. The number of benzene rings is 1. The van der Waals surface area contributed by atoms with Crippen molar-refractivity contribution < 1.29 is 38.1 Å². The van der Waals surface area contributed by atoms with Crippen LogP contribution in [0, 0.1) is 0 Å². The summed E-state index contributed by atoms with van der Waals surface area (Å²) >= 11 is 1.34. The normalized spacial score (nSPS) is 12.0. The molecule has 3 rings (SSSR count). The number of esters is 2. The van der Waals surface area contributed by atoms with Crippen LogP contribution < -0.4 is 19.5 Å². The van der Waals surface area contributed by atoms with Crippen LogP contribution >= 0.6 is 11.3 Å². The summed E-state index contributed by atoms with van der Waals surface area (Å²) < 4.78 is 25.6. The molecular weight excluding hydrogens is 426 g/mol. The smallest absolute Gasteiger partial charge is 0.342 e. The van der Waals surface area contributed by atoms with Crippen molar-refractivity contribution in [1.82, 2.24) is 0 Å². The van der Waals surface area contributed by atoms with Gasteiger partial charge in [-0.3, -0.25) is 4.79 Å². The maximum Gasteiger partial charge on any atom is 0.342 e. The quantitative estimate of drug-likeness (QED) is 0.613. The lowest BCUT2D eigenvalue weighted by molar-refractivity contribution is -0.119. The second-order valence-corrected chi connectivity index (χ2v) is 7.69. The molecule has 0 spiro atoms. The Labute approximate surface area is 183 Å². The molecule has 0 saturated carbocycles. The van der Waals surface area contributed by atoms with E-state index in [4.69, 9.17) is 23.7 Å². The van der Waals surface area contributed by atoms with Crippen LogP contribution in [0.4, 0.5) is 5.00 Å². The van der Waals surface area contributed by atoms with E-state index in [0.717, 1.165) is 29.7 Å². The molecule has 1 aromatic heterocycles. The first-order valence-corrected chi connectivity index (χ1v) is 10.2. The van der Waals surface area contributed by atoms with Crippen LogP contribution in [0.1, 0.15) is 37.6 Å². The standard InChI is InChI=1S/C21H23NO8S/c1-26-13-9-15(28-3)14(27-2)8-12(13)20(24)30-10-17(23)22-19-18(21(25)29-4)11-6-5-7-16(11)31-19/h8-9H,5-7,10H2,1-4H3,(H,22,23). The molecule has 1 amide bonds. The van der Waals surface area contributed by atoms with Crippen molar-refractivity contribution in [3.8, 4) is 17.2 Å². The highest BCUT2D eigenvalue weighted by atomic mass is 32.1. The Balaban J connectivity index is 1.71. The fourth-order valence-electron chi connectivity index (χ4n) is 3.37. The zero-order valence-electron chi connectivity index (χ0n) is 17.7. The van der Waals surface area contributed by atoms with Crippen molar-refractivity contribution in [3.05, 3.63) is 33.7 Å². The van der Waals surface area contributed by atoms with Crippen LogP contribution in [0.15, 0.2) is 12.1 Å². The molecule has 1 heterocycles. The Bertz CT molecular complexity index is 1010. The van der Waals surface area contributed by atoms with E-state index in [-0.39, 0.29) is 11.3 Å². The molecule has 1 aliphatic carbocycles. The minimum atomic E-state index is -0.769. The van der Waals surface area contributed by atoms with Crippen LogP contribution in [0.5, 0.6) is 17.2 Å². The molecule has 1 N–H and O–H groups in total. The summed E-state index contributed by atoms with van der Waals surface area (Å²) in [4.78, 5) is 38.2. The molecule has 10 heteroatoms. The van der Waals surface area contributed by atoms with Crippen molar-refractivity contribution in [2.24, 2.45) is 0 Å². The van der Waals surface area contributed by atoms with E-state index >= 15 is 0 Å². The Hall–Kier alpha value is -3.27. The highest BCUT2D eigenvalue weighted by Crippen LogP contribution is 2.39. The molecule has 1 aliphatic rings. The highest BCUT2D eigenvalue weighted by Gasteiger charge is 2.28. The van der Waals surface area contributed by atoms with Gasteiger partial charge in [0.15, 0.2) is 18.1 Å². The first-order valence-electron chi connectivity index (χ1n) is 9.43. The van der Waals surface area contributed by atoms with Gasteiger partial charge in [0, 0.05) is 17.0 Å². The van der Waals surface area contributed by atoms with Crippen molar-refractivity contribution in [3.63, 3.8) is 0 Å². The lowest BCUT2D eigenvalue weighted by atomic mass is 10.1. The Morgan fingerprint density at radius 1 is 0.935 bits per heavy atom. The number of hydrogen-bond acceptors (Lipinski definition) is 9. The van der Waals surface area contributed by atoms with Gasteiger partial charge in [-0.2, -0.15) is 0 Å². The fourth-order valence-corrected chi connectivity index (χ4v) is 4.66. The molecule has 1 aromatic carbocycles. The van der Waals surface area contributed by atoms with E-state index in [1.165, 1.54) is 51.9 Å². The SMILES string of the molecule is COC(=O)c1c(NC(=O)COC(=O)c2cc(OC)c(OC)cc2OC)sc2c1CCC2. The maximum absolute atomic E-state index is 12.5. The van der Waals surface area contributed by atoms with Gasteiger partial charge in [0.1, 0.15) is 16.3 Å². The second kappa shape index (κ2) is 9.69. The summed E-state index contributed by atoms with van der Waals surface area (Å²) in [6.45, 7) is -0.542. The zero-order valence-corrected chi connectivity index (χ0v) is 18.5. The summed E-state index contributed by atoms with van der Waals surface area (Å²) in [6.07, 6.45) is 2.58. The molecular formula is C21H23NO8S. The van der Waals surface area contributed by atoms with Crippen LogP contribution in [0.3, 0.4) is 0 Å². The number of methoxy groups -OCH3 is 4. The van der Waals surface area contributed by atoms with Gasteiger partial charge in [-0.05, 0) is 24.8 Å². The van der Waals surface area contributed by atoms with Crippen molar-refractivity contribution in [2.45, 2.75) is 19.3 Å². The second-order valence-electron chi connectivity index (χ2n) is 6.58. The van der Waals surface area contributed by atoms with Gasteiger partial charge in [-0.25, -0.2) is 9.59 Å². The number of amides is 1. The number of aryl methyl sites for hydroxylation is 1. The van der Waals surface area contributed by atoms with E-state index in [0.29, 0.717) is 22.1 Å². The van der Waals surface area contributed by atoms with Gasteiger partial charge in [-0.1, -0.05) is 0 Å². The number of carbonyl (C=O) groups is 3. The molecule has 166 valence electrons. The van der Waals surface area contributed by atoms with Crippen molar-refractivity contribution >= 4 is 34.2 Å². The predicted octanol–water partition coefficient (Wildman–Crippen LogP) is 2.84. The maximum atomic E-state index is 12.5. The lowest BCUT2D eigenvalue weighted by Gasteiger charge is -2.13. The number of nitrogens with one attached hydrogen (secondary N) is 1. The molecule has 0 fully saturated rings. The third-order valence-electron chi connectivity index (χ3n) is 4.82. The van der Waals surface area contributed by atoms with Gasteiger partial charge < -0.3 is 29.0 Å². The zero-order chi connectivity index (χ0) is 22.5. The lowest BCUT2D eigenvalue weighted by Crippen LogP contribution is -2.22. The first kappa shape index (κ1) is 22.4. The van der Waals surface area contributed by atoms with Gasteiger partial charge in [-0.15, -0.1) is 11.3 Å². The average Bonchev–Trinajstić information content (AvgIpc) is 3.36. The van der Waals surface area contributed by atoms with Gasteiger partial charge in [0.05, 0.1) is 34.0 Å². The van der Waals surface area contributed by atoms with Crippen LogP contribution in [0.2, 0.25) is 0 Å². The molecule has 31 heavy (non-hydrogen) atoms. The number of rotatable bonds is 8. The molecule has 0 saturated heterocycles. The topological polar surface area (TPSA) is 109 Å². The molecule has 2 aromatic rings. The molecule has 0 atom stereocenters. The van der Waals surface area contributed by atoms with E-state index in [9.17, 15) is 14.4 Å². The molecule has 9 nitrogen and oxygen atoms in total. The van der Waals surface area contributed by atoms with Gasteiger partial charge >= 0.3 is 11.9 Å². The summed E-state index contributed by atoms with van der Waals surface area (Å²) in [6, 6.07) is 2.91. The van der Waals surface area contributed by atoms with Crippen LogP contribution in [-0.2, 0) is 27.1 Å². The van der Waals surface area contributed by atoms with E-state index < -0.39 is 24.5 Å². The van der Waals surface area contributed by atoms with Crippen LogP contribution in [0.25, 0.3) is 0 Å². The monoisotopic (exact) mass is 449 g/mol. The van der Waals surface area contributed by atoms with Crippen molar-refractivity contribution in [2.75, 3.05) is 40.4 Å². The van der Waals surface area contributed by atoms with Crippen LogP contribution in [-0.4, -0.2) is 52.9 Å². The largest absolute Gasteiger partial charge is 0.496 e. The van der Waals surface area contributed by atoms with Crippen molar-refractivity contribution in [1.29, 1.82) is 0 Å². The first-order chi connectivity index (χ1) is 14.9. The number of ether oxygens (including phenoxy) is 5. The fraction of sp³-hybridized carbons (Fsp3) is 0.381. The third-order valence-corrected chi connectivity index (χ3v) is 6.03. The third kappa shape index (κ3) is 4.58. The number of carbonyl (C=O) groups excluding carboxylic acids is 3. The summed E-state index contributed by atoms with van der Waals surface area (Å²) in [5, 5.41) is 3.06. The van der Waals surface area contributed by atoms with Gasteiger partial charge in [0.25, 0.3) is 5.91 Å². The van der Waals surface area contributed by atoms with E-state index in [2.05, 4.69) is 5.32 Å². The van der Waals surface area contributed by atoms with E-state index in [1.807, 2.05) is 0 Å². The summed E-state index contributed by atoms with van der Waals surface area (Å²) in [5.41, 5.74) is 1.37. The minimum absolute atomic E-state index is 0.0818. The van der Waals surface area contributed by atoms with Gasteiger partial charge in [0.2, 0.25) is 0 Å². The molecule has 0 bridgehead atoms. The Morgan fingerprint density at radius 2 is 1.61 bits per heavy atom. The Kier molecular flexibility index (Phi) is 7.01. The Morgan fingerprint density at radius 3 is 2.26 bits per heavy atom. The summed E-state index contributed by atoms with van der Waals surface area (Å²) in [5.74, 6) is -0.926. The number of thiophene rings is 1. The average molecular weight is 449 g/mol. The number of hydrogen-bond donors (Lipinski definition) is 1. The number of anilines is 1. The number of fused-ring (bicyclic) bond motifs is 1. The predicted molar refractivity (Wildman–Crippen MR) is 113 cm³/mol. The van der Waals surface area contributed by atoms with E-state index in [1.54, 1.807) is 0 Å². The summed E-state index contributed by atoms with van der Waals surface area (Å²) in [7, 11) is 5.59.